The minimum atomic E-state index is -0.274. The molecule has 0 radical (unpaired) electrons. The highest BCUT2D eigenvalue weighted by molar-refractivity contribution is 8.14. The lowest BCUT2D eigenvalue weighted by atomic mass is 9.69. The third-order valence-corrected chi connectivity index (χ3v) is 6.07. The van der Waals surface area contributed by atoms with Crippen molar-refractivity contribution in [2.45, 2.75) is 38.8 Å². The smallest absolute Gasteiger partial charge is 0.257 e. The molecule has 1 N–H and O–H groups in total. The van der Waals surface area contributed by atoms with Gasteiger partial charge in [-0.05, 0) is 32.4 Å². The molecule has 2 aliphatic heterocycles. The molecule has 1 amide bonds. The normalized spacial score (nSPS) is 34.5. The molecule has 22 heavy (non-hydrogen) atoms. The van der Waals surface area contributed by atoms with E-state index >= 15 is 0 Å². The third kappa shape index (κ3) is 2.79. The molecule has 5 heteroatoms. The molecular weight excluding hydrogens is 296 g/mol. The van der Waals surface area contributed by atoms with E-state index in [0.29, 0.717) is 17.3 Å². The van der Waals surface area contributed by atoms with Gasteiger partial charge in [-0.1, -0.05) is 36.9 Å². The maximum absolute atomic E-state index is 12.3. The van der Waals surface area contributed by atoms with Crippen LogP contribution in [0.2, 0.25) is 0 Å². The van der Waals surface area contributed by atoms with Crippen molar-refractivity contribution in [1.82, 2.24) is 5.32 Å². The van der Waals surface area contributed by atoms with Gasteiger partial charge in [-0.25, -0.2) is 0 Å². The highest BCUT2D eigenvalue weighted by Crippen LogP contribution is 2.48. The number of fused-ring (bicyclic) bond motifs is 1. The van der Waals surface area contributed by atoms with Gasteiger partial charge in [0.25, 0.3) is 5.91 Å². The highest BCUT2D eigenvalue weighted by Gasteiger charge is 2.51. The Morgan fingerprint density at radius 1 is 1.36 bits per heavy atom. The molecule has 0 bridgehead atoms. The van der Waals surface area contributed by atoms with E-state index in [1.807, 2.05) is 18.2 Å². The molecule has 2 aliphatic rings. The predicted molar refractivity (Wildman–Crippen MR) is 90.3 cm³/mol. The number of carbonyl (C=O) groups excluding carboxylic acids is 1. The fraction of sp³-hybridized carbons (Fsp3) is 0.529. The van der Waals surface area contributed by atoms with E-state index in [2.05, 4.69) is 26.1 Å². The van der Waals surface area contributed by atoms with Crippen molar-refractivity contribution in [3.8, 4) is 0 Å². The molecule has 1 aromatic rings. The molecule has 3 rings (SSSR count). The standard InChI is InChI=1S/C17H22N2O2S/c1-12-9-16(2)11-22-15(19-17(16,3)10-21-12)18-14(20)13-7-5-4-6-8-13/h4-8,12H,9-11H2,1-3H3,(H,18,19,20)/t12-,16-,17-/m0/s1. The van der Waals surface area contributed by atoms with Crippen LogP contribution in [0.15, 0.2) is 35.3 Å². The summed E-state index contributed by atoms with van der Waals surface area (Å²) in [4.78, 5) is 17.1. The summed E-state index contributed by atoms with van der Waals surface area (Å²) in [6.07, 6.45) is 1.27. The zero-order chi connectivity index (χ0) is 15.8. The van der Waals surface area contributed by atoms with Gasteiger partial charge in [0.15, 0.2) is 5.17 Å². The Morgan fingerprint density at radius 2 is 2.09 bits per heavy atom. The topological polar surface area (TPSA) is 50.7 Å². The van der Waals surface area contributed by atoms with Crippen LogP contribution in [-0.4, -0.2) is 35.1 Å². The highest BCUT2D eigenvalue weighted by atomic mass is 32.2. The average molecular weight is 318 g/mol. The molecule has 2 heterocycles. The summed E-state index contributed by atoms with van der Waals surface area (Å²) in [6.45, 7) is 7.13. The first-order valence-corrected chi connectivity index (χ1v) is 8.61. The number of amidine groups is 1. The van der Waals surface area contributed by atoms with Crippen molar-refractivity contribution in [2.24, 2.45) is 10.4 Å². The Labute approximate surface area is 135 Å². The van der Waals surface area contributed by atoms with Crippen LogP contribution in [0.1, 0.15) is 37.6 Å². The molecule has 1 fully saturated rings. The average Bonchev–Trinajstić information content (AvgIpc) is 2.50. The zero-order valence-corrected chi connectivity index (χ0v) is 14.1. The summed E-state index contributed by atoms with van der Waals surface area (Å²) in [6, 6.07) is 9.23. The van der Waals surface area contributed by atoms with E-state index in [-0.39, 0.29) is 23.0 Å². The number of nitrogens with one attached hydrogen (secondary N) is 1. The van der Waals surface area contributed by atoms with Crippen LogP contribution in [0.3, 0.4) is 0 Å². The lowest BCUT2D eigenvalue weighted by molar-refractivity contribution is -0.0762. The number of ether oxygens (including phenoxy) is 1. The summed E-state index contributed by atoms with van der Waals surface area (Å²) in [5.41, 5.74) is 0.484. The number of hydrogen-bond acceptors (Lipinski definition) is 4. The summed E-state index contributed by atoms with van der Waals surface area (Å²) in [7, 11) is 0. The first kappa shape index (κ1) is 15.6. The van der Waals surface area contributed by atoms with Crippen LogP contribution in [0.25, 0.3) is 0 Å². The largest absolute Gasteiger partial charge is 0.376 e. The van der Waals surface area contributed by atoms with E-state index in [1.54, 1.807) is 23.9 Å². The summed E-state index contributed by atoms with van der Waals surface area (Å²) < 4.78 is 5.82. The summed E-state index contributed by atoms with van der Waals surface area (Å²) in [5.74, 6) is 0.842. The monoisotopic (exact) mass is 318 g/mol. The van der Waals surface area contributed by atoms with Gasteiger partial charge in [0.2, 0.25) is 0 Å². The van der Waals surface area contributed by atoms with Crippen LogP contribution in [0.5, 0.6) is 0 Å². The maximum atomic E-state index is 12.3. The molecule has 3 atom stereocenters. The molecular formula is C17H22N2O2S. The van der Waals surface area contributed by atoms with Gasteiger partial charge in [0.1, 0.15) is 0 Å². The van der Waals surface area contributed by atoms with Crippen molar-refractivity contribution in [1.29, 1.82) is 0 Å². The molecule has 0 spiro atoms. The van der Waals surface area contributed by atoms with Gasteiger partial charge in [-0.15, -0.1) is 0 Å². The summed E-state index contributed by atoms with van der Waals surface area (Å²) >= 11 is 1.63. The van der Waals surface area contributed by atoms with Gasteiger partial charge in [-0.3, -0.25) is 9.79 Å². The fourth-order valence-electron chi connectivity index (χ4n) is 3.08. The zero-order valence-electron chi connectivity index (χ0n) is 13.3. The first-order valence-electron chi connectivity index (χ1n) is 7.63. The van der Waals surface area contributed by atoms with Crippen LogP contribution in [-0.2, 0) is 4.74 Å². The van der Waals surface area contributed by atoms with Gasteiger partial charge < -0.3 is 10.1 Å². The van der Waals surface area contributed by atoms with Crippen molar-refractivity contribution in [2.75, 3.05) is 12.4 Å². The molecule has 118 valence electrons. The Kier molecular flexibility index (Phi) is 4.03. The SMILES string of the molecule is C[C@H]1C[C@@]2(C)CSC(NC(=O)c3ccccc3)=N[C@@]2(C)CO1. The van der Waals surface area contributed by atoms with Gasteiger partial charge >= 0.3 is 0 Å². The van der Waals surface area contributed by atoms with Crippen LogP contribution >= 0.6 is 11.8 Å². The van der Waals surface area contributed by atoms with Crippen molar-refractivity contribution in [3.05, 3.63) is 35.9 Å². The first-order chi connectivity index (χ1) is 10.4. The van der Waals surface area contributed by atoms with Gasteiger partial charge in [-0.2, -0.15) is 0 Å². The Balaban J connectivity index is 1.78. The van der Waals surface area contributed by atoms with E-state index < -0.39 is 0 Å². The molecule has 1 saturated heterocycles. The minimum absolute atomic E-state index is 0.107. The van der Waals surface area contributed by atoms with Crippen LogP contribution in [0.4, 0.5) is 0 Å². The third-order valence-electron chi connectivity index (χ3n) is 4.82. The number of thioether (sulfide) groups is 1. The second-order valence-electron chi connectivity index (χ2n) is 6.69. The Hall–Kier alpha value is -1.33. The second-order valence-corrected chi connectivity index (χ2v) is 7.65. The second kappa shape index (κ2) is 5.70. The number of nitrogens with zero attached hydrogens (tertiary/aromatic N) is 1. The number of hydrogen-bond donors (Lipinski definition) is 1. The van der Waals surface area contributed by atoms with E-state index in [1.165, 1.54) is 0 Å². The maximum Gasteiger partial charge on any atom is 0.257 e. The lowest BCUT2D eigenvalue weighted by Crippen LogP contribution is -2.57. The van der Waals surface area contributed by atoms with E-state index in [9.17, 15) is 4.79 Å². The van der Waals surface area contributed by atoms with E-state index in [0.717, 1.165) is 12.2 Å². The predicted octanol–water partition coefficient (Wildman–Crippen LogP) is 3.09. The molecule has 0 unspecified atom stereocenters. The molecule has 0 aliphatic carbocycles. The Morgan fingerprint density at radius 3 is 2.82 bits per heavy atom. The van der Waals surface area contributed by atoms with Crippen molar-refractivity contribution in [3.63, 3.8) is 0 Å². The molecule has 0 aromatic heterocycles. The number of aliphatic imine (C=N–C) groups is 1. The lowest BCUT2D eigenvalue weighted by Gasteiger charge is -2.51. The van der Waals surface area contributed by atoms with Crippen LogP contribution < -0.4 is 5.32 Å². The number of amides is 1. The number of carbonyl (C=O) groups is 1. The van der Waals surface area contributed by atoms with Crippen LogP contribution in [0, 0.1) is 5.41 Å². The van der Waals surface area contributed by atoms with Crippen molar-refractivity contribution < 1.29 is 9.53 Å². The quantitative estimate of drug-likeness (QED) is 0.865. The van der Waals surface area contributed by atoms with E-state index in [4.69, 9.17) is 9.73 Å². The molecule has 4 nitrogen and oxygen atoms in total. The Bertz CT molecular complexity index is 604. The van der Waals surface area contributed by atoms with Crippen molar-refractivity contribution >= 4 is 22.8 Å². The fourth-order valence-corrected chi connectivity index (χ4v) is 4.40. The minimum Gasteiger partial charge on any atom is -0.376 e. The summed E-state index contributed by atoms with van der Waals surface area (Å²) in [5, 5.41) is 3.64. The number of rotatable bonds is 1. The van der Waals surface area contributed by atoms with Gasteiger partial charge in [0.05, 0.1) is 18.2 Å². The molecule has 1 aromatic carbocycles. The van der Waals surface area contributed by atoms with Gasteiger partial charge in [0, 0.05) is 16.7 Å². The molecule has 0 saturated carbocycles. The number of benzene rings is 1.